The maximum Gasteiger partial charge on any atom is 0.216 e. The predicted molar refractivity (Wildman–Crippen MR) is 98.6 cm³/mol. The van der Waals surface area contributed by atoms with E-state index < -0.39 is 0 Å². The van der Waals surface area contributed by atoms with Gasteiger partial charge < -0.3 is 4.74 Å². The third-order valence-corrected chi connectivity index (χ3v) is 4.04. The third-order valence-electron chi connectivity index (χ3n) is 4.04. The summed E-state index contributed by atoms with van der Waals surface area (Å²) in [4.78, 5) is 12.4. The van der Waals surface area contributed by atoms with Crippen LogP contribution in [0.5, 0.6) is 5.88 Å². The lowest BCUT2D eigenvalue weighted by Gasteiger charge is -2.05. The molecule has 3 heterocycles. The van der Waals surface area contributed by atoms with Gasteiger partial charge in [-0.05, 0) is 29.8 Å². The van der Waals surface area contributed by atoms with Gasteiger partial charge >= 0.3 is 0 Å². The zero-order chi connectivity index (χ0) is 17.8. The Morgan fingerprint density at radius 1 is 0.923 bits per heavy atom. The van der Waals surface area contributed by atoms with Crippen LogP contribution in [0.2, 0.25) is 0 Å². The van der Waals surface area contributed by atoms with E-state index in [9.17, 15) is 0 Å². The zero-order valence-corrected chi connectivity index (χ0v) is 14.3. The van der Waals surface area contributed by atoms with E-state index >= 15 is 0 Å². The number of nitrogens with zero attached hydrogens (tertiary/aromatic N) is 5. The predicted octanol–water partition coefficient (Wildman–Crippen LogP) is 3.46. The molecule has 0 atom stereocenters. The summed E-state index contributed by atoms with van der Waals surface area (Å²) in [5, 5.41) is 4.68. The van der Waals surface area contributed by atoms with Gasteiger partial charge in [0.1, 0.15) is 6.33 Å². The lowest BCUT2D eigenvalue weighted by molar-refractivity contribution is 0.397. The molecule has 0 aliphatic carbocycles. The van der Waals surface area contributed by atoms with Crippen LogP contribution >= 0.6 is 0 Å². The molecule has 0 fully saturated rings. The third kappa shape index (κ3) is 3.44. The van der Waals surface area contributed by atoms with Crippen LogP contribution in [0.3, 0.4) is 0 Å². The van der Waals surface area contributed by atoms with Crippen molar-refractivity contribution < 1.29 is 4.74 Å². The van der Waals surface area contributed by atoms with Crippen LogP contribution in [0.15, 0.2) is 73.4 Å². The molecule has 0 saturated carbocycles. The maximum atomic E-state index is 5.18. The van der Waals surface area contributed by atoms with Gasteiger partial charge in [-0.2, -0.15) is 5.10 Å². The summed E-state index contributed by atoms with van der Waals surface area (Å²) in [6.45, 7) is 0.714. The Balaban J connectivity index is 1.61. The highest BCUT2D eigenvalue weighted by molar-refractivity contribution is 5.69. The SMILES string of the molecule is COc1cc(-c2cccc(-c3ccn(Cc4ccncc4)n3)c2)ncn1. The van der Waals surface area contributed by atoms with E-state index in [0.717, 1.165) is 28.1 Å². The number of benzene rings is 1. The molecular formula is C20H17N5O. The number of hydrogen-bond acceptors (Lipinski definition) is 5. The number of aromatic nitrogens is 5. The molecule has 6 nitrogen and oxygen atoms in total. The highest BCUT2D eigenvalue weighted by Gasteiger charge is 2.07. The second-order valence-corrected chi connectivity index (χ2v) is 5.78. The minimum Gasteiger partial charge on any atom is -0.481 e. The fourth-order valence-electron chi connectivity index (χ4n) is 2.73. The van der Waals surface area contributed by atoms with Crippen LogP contribution in [0, 0.1) is 0 Å². The first-order valence-corrected chi connectivity index (χ1v) is 8.21. The summed E-state index contributed by atoms with van der Waals surface area (Å²) < 4.78 is 7.10. The molecule has 128 valence electrons. The van der Waals surface area contributed by atoms with Gasteiger partial charge in [0.15, 0.2) is 0 Å². The fourth-order valence-corrected chi connectivity index (χ4v) is 2.73. The van der Waals surface area contributed by atoms with E-state index in [0.29, 0.717) is 12.4 Å². The van der Waals surface area contributed by atoms with Crippen molar-refractivity contribution in [2.75, 3.05) is 7.11 Å². The van der Waals surface area contributed by atoms with Gasteiger partial charge in [-0.3, -0.25) is 9.67 Å². The number of hydrogen-bond donors (Lipinski definition) is 0. The van der Waals surface area contributed by atoms with Crippen molar-refractivity contribution in [2.24, 2.45) is 0 Å². The maximum absolute atomic E-state index is 5.18. The van der Waals surface area contributed by atoms with Crippen molar-refractivity contribution in [3.8, 4) is 28.4 Å². The van der Waals surface area contributed by atoms with E-state index in [4.69, 9.17) is 4.74 Å². The zero-order valence-electron chi connectivity index (χ0n) is 14.3. The lowest BCUT2D eigenvalue weighted by Crippen LogP contribution is -2.00. The molecular weight excluding hydrogens is 326 g/mol. The molecule has 4 aromatic rings. The molecule has 0 amide bonds. The Morgan fingerprint density at radius 3 is 2.54 bits per heavy atom. The number of pyridine rings is 1. The molecule has 0 aliphatic rings. The van der Waals surface area contributed by atoms with E-state index in [1.54, 1.807) is 19.5 Å². The molecule has 0 spiro atoms. The largest absolute Gasteiger partial charge is 0.481 e. The molecule has 4 rings (SSSR count). The molecule has 3 aromatic heterocycles. The number of rotatable bonds is 5. The molecule has 1 aromatic carbocycles. The summed E-state index contributed by atoms with van der Waals surface area (Å²) in [6.07, 6.45) is 7.07. The Bertz CT molecular complexity index is 1010. The quantitative estimate of drug-likeness (QED) is 0.555. The Hall–Kier alpha value is -3.54. The van der Waals surface area contributed by atoms with Crippen LogP contribution < -0.4 is 4.74 Å². The first kappa shape index (κ1) is 16.0. The van der Waals surface area contributed by atoms with Gasteiger partial charge in [-0.25, -0.2) is 9.97 Å². The lowest BCUT2D eigenvalue weighted by atomic mass is 10.1. The van der Waals surface area contributed by atoms with Gasteiger partial charge in [-0.1, -0.05) is 18.2 Å². The molecule has 0 radical (unpaired) electrons. The Labute approximate surface area is 151 Å². The molecule has 0 N–H and O–H groups in total. The topological polar surface area (TPSA) is 65.7 Å². The summed E-state index contributed by atoms with van der Waals surface area (Å²) in [5.41, 5.74) is 4.92. The van der Waals surface area contributed by atoms with Gasteiger partial charge in [-0.15, -0.1) is 0 Å². The van der Waals surface area contributed by atoms with Crippen LogP contribution in [0.1, 0.15) is 5.56 Å². The molecule has 0 unspecified atom stereocenters. The van der Waals surface area contributed by atoms with Crippen molar-refractivity contribution in [1.82, 2.24) is 24.7 Å². The van der Waals surface area contributed by atoms with Crippen LogP contribution in [0.25, 0.3) is 22.5 Å². The molecule has 26 heavy (non-hydrogen) atoms. The van der Waals surface area contributed by atoms with Crippen molar-refractivity contribution >= 4 is 0 Å². The van der Waals surface area contributed by atoms with Gasteiger partial charge in [0.05, 0.1) is 25.0 Å². The van der Waals surface area contributed by atoms with Gasteiger partial charge in [0.25, 0.3) is 0 Å². The first-order chi connectivity index (χ1) is 12.8. The molecule has 6 heteroatoms. The second kappa shape index (κ2) is 7.14. The standard InChI is InChI=1S/C20H17N5O/c1-26-20-12-19(22-14-23-20)17-4-2-3-16(11-17)18-7-10-25(24-18)13-15-5-8-21-9-6-15/h2-12,14H,13H2,1H3. The fraction of sp³-hybridized carbons (Fsp3) is 0.100. The molecule has 0 saturated heterocycles. The summed E-state index contributed by atoms with van der Waals surface area (Å²) in [5.74, 6) is 0.544. The van der Waals surface area contributed by atoms with E-state index in [2.05, 4.69) is 26.1 Å². The second-order valence-electron chi connectivity index (χ2n) is 5.78. The van der Waals surface area contributed by atoms with E-state index in [1.807, 2.05) is 53.3 Å². The van der Waals surface area contributed by atoms with Gasteiger partial charge in [0.2, 0.25) is 5.88 Å². The average molecular weight is 343 g/mol. The van der Waals surface area contributed by atoms with Crippen molar-refractivity contribution in [2.45, 2.75) is 6.54 Å². The average Bonchev–Trinajstić information content (AvgIpc) is 3.17. The van der Waals surface area contributed by atoms with E-state index in [-0.39, 0.29) is 0 Å². The Morgan fingerprint density at radius 2 is 1.73 bits per heavy atom. The Kier molecular flexibility index (Phi) is 4.38. The van der Waals surface area contributed by atoms with Crippen molar-refractivity contribution in [1.29, 1.82) is 0 Å². The molecule has 0 aliphatic heterocycles. The number of ether oxygens (including phenoxy) is 1. The number of methoxy groups -OCH3 is 1. The van der Waals surface area contributed by atoms with Gasteiger partial charge in [0, 0.05) is 35.8 Å². The summed E-state index contributed by atoms with van der Waals surface area (Å²) >= 11 is 0. The minimum absolute atomic E-state index is 0.544. The first-order valence-electron chi connectivity index (χ1n) is 8.21. The highest BCUT2D eigenvalue weighted by atomic mass is 16.5. The van der Waals surface area contributed by atoms with E-state index in [1.165, 1.54) is 6.33 Å². The smallest absolute Gasteiger partial charge is 0.216 e. The van der Waals surface area contributed by atoms with Crippen LogP contribution in [-0.2, 0) is 6.54 Å². The van der Waals surface area contributed by atoms with Crippen molar-refractivity contribution in [3.05, 3.63) is 79.0 Å². The molecule has 0 bridgehead atoms. The summed E-state index contributed by atoms with van der Waals surface area (Å²) in [6, 6.07) is 15.9. The minimum atomic E-state index is 0.544. The highest BCUT2D eigenvalue weighted by Crippen LogP contribution is 2.25. The monoisotopic (exact) mass is 343 g/mol. The summed E-state index contributed by atoms with van der Waals surface area (Å²) in [7, 11) is 1.60. The van der Waals surface area contributed by atoms with Crippen molar-refractivity contribution in [3.63, 3.8) is 0 Å². The normalized spacial score (nSPS) is 10.7. The van der Waals surface area contributed by atoms with Crippen LogP contribution in [0.4, 0.5) is 0 Å². The van der Waals surface area contributed by atoms with Crippen LogP contribution in [-0.4, -0.2) is 31.8 Å².